The van der Waals surface area contributed by atoms with Crippen molar-refractivity contribution in [2.45, 2.75) is 148 Å². The molecule has 0 unspecified atom stereocenters. The van der Waals surface area contributed by atoms with Crippen LogP contribution in [0.15, 0.2) is 35.5 Å². The normalized spacial score (nSPS) is 35.7. The van der Waals surface area contributed by atoms with Crippen molar-refractivity contribution in [3.8, 4) is 0 Å². The summed E-state index contributed by atoms with van der Waals surface area (Å²) in [5.41, 5.74) is 2.82. The van der Waals surface area contributed by atoms with Crippen LogP contribution in [0.1, 0.15) is 124 Å². The molecule has 4 saturated carbocycles. The van der Waals surface area contributed by atoms with Crippen LogP contribution in [0.2, 0.25) is 0 Å². The van der Waals surface area contributed by atoms with Gasteiger partial charge < -0.3 is 20.1 Å². The number of aliphatic hydroxyl groups excluding tert-OH is 2. The number of hydrogen-bond donors (Lipinski definition) is 3. The number of aliphatic hydroxyl groups is 3. The monoisotopic (exact) mass is 529 g/mol. The van der Waals surface area contributed by atoms with E-state index < -0.39 is 17.8 Å². The summed E-state index contributed by atoms with van der Waals surface area (Å²) in [4.78, 5) is 0. The smallest absolute Gasteiger partial charge is 0.0811 e. The Kier molecular flexibility index (Phi) is 12.2. The summed E-state index contributed by atoms with van der Waals surface area (Å²) in [5, 5.41) is 30.1. The summed E-state index contributed by atoms with van der Waals surface area (Å²) in [6.07, 6.45) is 23.5. The Labute approximate surface area is 233 Å². The summed E-state index contributed by atoms with van der Waals surface area (Å²) in [6.45, 7) is 13.0. The zero-order chi connectivity index (χ0) is 27.8. The lowest BCUT2D eigenvalue weighted by Crippen LogP contribution is -2.39. The molecule has 1 radical (unpaired) electrons. The van der Waals surface area contributed by atoms with Crippen LogP contribution in [0.25, 0.3) is 0 Å². The topological polar surface area (TPSA) is 69.9 Å². The molecule has 4 fully saturated rings. The molecule has 0 bridgehead atoms. The van der Waals surface area contributed by atoms with E-state index in [4.69, 9.17) is 4.74 Å². The van der Waals surface area contributed by atoms with E-state index in [1.807, 2.05) is 13.8 Å². The van der Waals surface area contributed by atoms with Crippen LogP contribution in [0, 0.1) is 23.7 Å². The highest BCUT2D eigenvalue weighted by molar-refractivity contribution is 5.38. The van der Waals surface area contributed by atoms with E-state index in [2.05, 4.69) is 39.0 Å². The second kappa shape index (κ2) is 14.6. The van der Waals surface area contributed by atoms with E-state index >= 15 is 0 Å². The van der Waals surface area contributed by atoms with Crippen molar-refractivity contribution >= 4 is 0 Å². The molecule has 3 N–H and O–H groups in total. The van der Waals surface area contributed by atoms with Crippen molar-refractivity contribution in [3.63, 3.8) is 0 Å². The van der Waals surface area contributed by atoms with Crippen LogP contribution in [0.4, 0.5) is 0 Å². The van der Waals surface area contributed by atoms with Gasteiger partial charge in [0.15, 0.2) is 0 Å². The van der Waals surface area contributed by atoms with Gasteiger partial charge in [-0.05, 0) is 101 Å². The lowest BCUT2D eigenvalue weighted by atomic mass is 9.62. The third-order valence-corrected chi connectivity index (χ3v) is 9.78. The molecule has 0 aromatic rings. The van der Waals surface area contributed by atoms with Crippen molar-refractivity contribution < 1.29 is 20.1 Å². The first-order valence-corrected chi connectivity index (χ1v) is 15.6. The van der Waals surface area contributed by atoms with Crippen LogP contribution >= 0.6 is 0 Å². The molecule has 4 aliphatic carbocycles. The Morgan fingerprint density at radius 2 is 1.76 bits per heavy atom. The van der Waals surface area contributed by atoms with E-state index in [0.29, 0.717) is 37.7 Å². The van der Waals surface area contributed by atoms with E-state index in [1.54, 1.807) is 0 Å². The Balaban J connectivity index is 0.000000427. The number of rotatable bonds is 6. The van der Waals surface area contributed by atoms with Crippen molar-refractivity contribution in [2.24, 2.45) is 17.3 Å². The molecule has 0 aromatic carbocycles. The number of allylic oxidation sites excluding steroid dienone is 3. The van der Waals surface area contributed by atoms with E-state index in [9.17, 15) is 15.3 Å². The molecule has 4 aliphatic rings. The maximum absolute atomic E-state index is 10.1. The first kappa shape index (κ1) is 31.6. The van der Waals surface area contributed by atoms with Gasteiger partial charge in [-0.25, -0.2) is 0 Å². The van der Waals surface area contributed by atoms with Crippen LogP contribution in [0.3, 0.4) is 0 Å². The van der Waals surface area contributed by atoms with Crippen LogP contribution in [-0.4, -0.2) is 45.8 Å². The first-order valence-electron chi connectivity index (χ1n) is 15.6. The average Bonchev–Trinajstić information content (AvgIpc) is 3.17. The van der Waals surface area contributed by atoms with Crippen LogP contribution in [0.5, 0.6) is 0 Å². The van der Waals surface area contributed by atoms with Gasteiger partial charge in [-0.3, -0.25) is 0 Å². The lowest BCUT2D eigenvalue weighted by Gasteiger charge is -2.44. The lowest BCUT2D eigenvalue weighted by molar-refractivity contribution is -0.0454. The summed E-state index contributed by atoms with van der Waals surface area (Å²) in [6, 6.07) is 0. The van der Waals surface area contributed by atoms with Crippen molar-refractivity contribution in [2.75, 3.05) is 6.61 Å². The fourth-order valence-electron chi connectivity index (χ4n) is 7.38. The van der Waals surface area contributed by atoms with Crippen LogP contribution < -0.4 is 0 Å². The Morgan fingerprint density at radius 1 is 1.08 bits per heavy atom. The zero-order valence-corrected chi connectivity index (χ0v) is 24.9. The van der Waals surface area contributed by atoms with Gasteiger partial charge in [0.2, 0.25) is 0 Å². The van der Waals surface area contributed by atoms with Gasteiger partial charge in [0.05, 0.1) is 23.9 Å². The van der Waals surface area contributed by atoms with Gasteiger partial charge in [-0.1, -0.05) is 76.2 Å². The fraction of sp³-hybridized carbons (Fsp3) is 0.794. The second-order valence-electron chi connectivity index (χ2n) is 13.4. The predicted octanol–water partition coefficient (Wildman–Crippen LogP) is 7.63. The highest BCUT2D eigenvalue weighted by atomic mass is 16.5. The van der Waals surface area contributed by atoms with Crippen molar-refractivity contribution in [1.82, 2.24) is 0 Å². The molecular formula is C34H57O4. The molecule has 0 saturated heterocycles. The minimum atomic E-state index is -0.680. The zero-order valence-electron chi connectivity index (χ0n) is 24.9. The Morgan fingerprint density at radius 3 is 2.45 bits per heavy atom. The minimum absolute atomic E-state index is 0.198. The molecule has 4 nitrogen and oxygen atoms in total. The molecule has 0 spiro atoms. The minimum Gasteiger partial charge on any atom is -0.393 e. The van der Waals surface area contributed by atoms with E-state index in [-0.39, 0.29) is 11.5 Å². The van der Waals surface area contributed by atoms with Gasteiger partial charge in [0, 0.05) is 13.0 Å². The molecule has 4 rings (SSSR count). The standard InChI is InChI=1S/C26H42O4.C8H15/c1-17-20(15-21(27)16-24(17)28)9-8-19-7-6-12-26(5)22(10-11-23(19)26)18(2)30-14-13-25(3,4)29;1-2-4-6-8-7-5-3-1/h8-9,18,21-24,27-29H,1,6-7,10-16H2,2-5H3;1H,2-8H2/b19-8+,20-9-;/t18-,21+,22+,23-,24-,26+;/m0./s1. The molecule has 38 heavy (non-hydrogen) atoms. The number of fused-ring (bicyclic) bond motifs is 1. The quantitative estimate of drug-likeness (QED) is 0.331. The average molecular weight is 530 g/mol. The van der Waals surface area contributed by atoms with Gasteiger partial charge in [-0.15, -0.1) is 0 Å². The highest BCUT2D eigenvalue weighted by Gasteiger charge is 2.51. The van der Waals surface area contributed by atoms with Gasteiger partial charge in [0.1, 0.15) is 0 Å². The third-order valence-electron chi connectivity index (χ3n) is 9.78. The third kappa shape index (κ3) is 9.04. The Hall–Kier alpha value is -0.940. The summed E-state index contributed by atoms with van der Waals surface area (Å²) < 4.78 is 6.19. The first-order chi connectivity index (χ1) is 18.0. The molecule has 0 amide bonds. The van der Waals surface area contributed by atoms with Gasteiger partial charge >= 0.3 is 0 Å². The Bertz CT molecular complexity index is 782. The number of ether oxygens (including phenoxy) is 1. The van der Waals surface area contributed by atoms with Crippen molar-refractivity contribution in [1.29, 1.82) is 0 Å². The summed E-state index contributed by atoms with van der Waals surface area (Å²) in [7, 11) is 0. The molecular weight excluding hydrogens is 472 g/mol. The maximum Gasteiger partial charge on any atom is 0.0811 e. The predicted molar refractivity (Wildman–Crippen MR) is 158 cm³/mol. The summed E-state index contributed by atoms with van der Waals surface area (Å²) >= 11 is 0. The second-order valence-corrected chi connectivity index (χ2v) is 13.4. The molecule has 0 aliphatic heterocycles. The fourth-order valence-corrected chi connectivity index (χ4v) is 7.38. The van der Waals surface area contributed by atoms with Crippen molar-refractivity contribution in [3.05, 3.63) is 41.9 Å². The molecule has 0 aromatic heterocycles. The maximum atomic E-state index is 10.1. The SMILES string of the molecule is C=C1/C(=C\C=C2/CCC[C@]3(C)[C@@H]([C@H](C)OCCC(C)(C)O)CC[C@@H]23)C[C@@H](O)C[C@@H]1O.[CH]1CCCCCCC1. The molecule has 4 heteroatoms. The van der Waals surface area contributed by atoms with Crippen LogP contribution in [-0.2, 0) is 4.74 Å². The largest absolute Gasteiger partial charge is 0.393 e. The highest BCUT2D eigenvalue weighted by Crippen LogP contribution is 2.58. The van der Waals surface area contributed by atoms with Gasteiger partial charge in [-0.2, -0.15) is 0 Å². The molecule has 6 atom stereocenters. The number of hydrogen-bond acceptors (Lipinski definition) is 4. The summed E-state index contributed by atoms with van der Waals surface area (Å²) in [5.74, 6) is 1.11. The van der Waals surface area contributed by atoms with E-state index in [1.165, 1.54) is 76.2 Å². The van der Waals surface area contributed by atoms with Gasteiger partial charge in [0.25, 0.3) is 0 Å². The van der Waals surface area contributed by atoms with E-state index in [0.717, 1.165) is 17.6 Å². The molecule has 0 heterocycles. The molecule has 217 valence electrons.